The van der Waals surface area contributed by atoms with Crippen LogP contribution < -0.4 is 16.8 Å². The fraction of sp³-hybridized carbons (Fsp3) is 0.750. The Hall–Kier alpha value is -1.26. The minimum absolute atomic E-state index is 0.229. The van der Waals surface area contributed by atoms with E-state index >= 15 is 0 Å². The average molecular weight is 186 g/mol. The number of primary amides is 1. The van der Waals surface area contributed by atoms with E-state index < -0.39 is 5.54 Å². The highest BCUT2D eigenvalue weighted by molar-refractivity contribution is 5.80. The second-order valence-corrected chi connectivity index (χ2v) is 3.51. The summed E-state index contributed by atoms with van der Waals surface area (Å²) in [7, 11) is 0. The number of hydrogen-bond donors (Lipinski definition) is 3. The van der Waals surface area contributed by atoms with Crippen LogP contribution in [0.15, 0.2) is 4.99 Å². The SMILES string of the molecule is CCN=C(N)NC(C)(C)CC(N)=O. The number of guanidine groups is 1. The summed E-state index contributed by atoms with van der Waals surface area (Å²) < 4.78 is 0. The second-order valence-electron chi connectivity index (χ2n) is 3.51. The van der Waals surface area contributed by atoms with Gasteiger partial charge in [0.1, 0.15) is 0 Å². The summed E-state index contributed by atoms with van der Waals surface area (Å²) >= 11 is 0. The molecule has 0 aliphatic heterocycles. The van der Waals surface area contributed by atoms with E-state index in [1.54, 1.807) is 0 Å². The highest BCUT2D eigenvalue weighted by Crippen LogP contribution is 2.06. The zero-order valence-electron chi connectivity index (χ0n) is 8.42. The van der Waals surface area contributed by atoms with Crippen LogP contribution in [0.25, 0.3) is 0 Å². The number of nitrogens with one attached hydrogen (secondary N) is 1. The summed E-state index contributed by atoms with van der Waals surface area (Å²) in [4.78, 5) is 14.6. The van der Waals surface area contributed by atoms with Gasteiger partial charge in [0.05, 0.1) is 0 Å². The zero-order valence-corrected chi connectivity index (χ0v) is 8.42. The maximum Gasteiger partial charge on any atom is 0.219 e. The molecule has 76 valence electrons. The molecule has 5 heteroatoms. The van der Waals surface area contributed by atoms with Crippen LogP contribution in [0, 0.1) is 0 Å². The van der Waals surface area contributed by atoms with Crippen molar-refractivity contribution in [2.45, 2.75) is 32.7 Å². The molecule has 0 aromatic rings. The Morgan fingerprint density at radius 3 is 2.38 bits per heavy atom. The van der Waals surface area contributed by atoms with Gasteiger partial charge in [-0.3, -0.25) is 9.79 Å². The lowest BCUT2D eigenvalue weighted by Crippen LogP contribution is -2.49. The van der Waals surface area contributed by atoms with Gasteiger partial charge in [0.2, 0.25) is 5.91 Å². The van der Waals surface area contributed by atoms with Crippen LogP contribution in [0.3, 0.4) is 0 Å². The largest absolute Gasteiger partial charge is 0.370 e. The van der Waals surface area contributed by atoms with Crippen molar-refractivity contribution >= 4 is 11.9 Å². The molecular formula is C8H18N4O. The van der Waals surface area contributed by atoms with Gasteiger partial charge in [0.15, 0.2) is 5.96 Å². The molecule has 0 saturated heterocycles. The van der Waals surface area contributed by atoms with Crippen LogP contribution in [0.5, 0.6) is 0 Å². The molecule has 0 fully saturated rings. The molecule has 0 aromatic heterocycles. The summed E-state index contributed by atoms with van der Waals surface area (Å²) in [5.74, 6) is -0.0180. The van der Waals surface area contributed by atoms with Gasteiger partial charge in [0.25, 0.3) is 0 Å². The van der Waals surface area contributed by atoms with Crippen molar-refractivity contribution < 1.29 is 4.79 Å². The van der Waals surface area contributed by atoms with Gasteiger partial charge in [-0.2, -0.15) is 0 Å². The lowest BCUT2D eigenvalue weighted by molar-refractivity contribution is -0.119. The normalized spacial score (nSPS) is 12.7. The lowest BCUT2D eigenvalue weighted by Gasteiger charge is -2.25. The molecule has 5 N–H and O–H groups in total. The molecule has 0 aliphatic carbocycles. The average Bonchev–Trinajstić information content (AvgIpc) is 1.81. The molecule has 0 aliphatic rings. The highest BCUT2D eigenvalue weighted by atomic mass is 16.1. The van der Waals surface area contributed by atoms with Crippen molar-refractivity contribution in [2.75, 3.05) is 6.54 Å². The predicted molar refractivity (Wildman–Crippen MR) is 53.2 cm³/mol. The minimum atomic E-state index is -0.436. The molecule has 0 rings (SSSR count). The fourth-order valence-corrected chi connectivity index (χ4v) is 1.04. The topological polar surface area (TPSA) is 93.5 Å². The molecule has 5 nitrogen and oxygen atoms in total. The third-order valence-corrected chi connectivity index (χ3v) is 1.41. The first kappa shape index (κ1) is 11.7. The van der Waals surface area contributed by atoms with Gasteiger partial charge in [0, 0.05) is 18.5 Å². The molecule has 0 unspecified atom stereocenters. The molecule has 0 bridgehead atoms. The van der Waals surface area contributed by atoms with Crippen LogP contribution in [-0.2, 0) is 4.79 Å². The van der Waals surface area contributed by atoms with Crippen molar-refractivity contribution in [2.24, 2.45) is 16.5 Å². The number of carbonyl (C=O) groups is 1. The van der Waals surface area contributed by atoms with E-state index in [1.807, 2.05) is 20.8 Å². The molecular weight excluding hydrogens is 168 g/mol. The lowest BCUT2D eigenvalue weighted by atomic mass is 10.0. The maximum absolute atomic E-state index is 10.7. The number of aliphatic imine (C=N–C) groups is 1. The van der Waals surface area contributed by atoms with E-state index in [1.165, 1.54) is 0 Å². The summed E-state index contributed by atoms with van der Waals surface area (Å²) in [6.07, 6.45) is 0.229. The molecule has 0 heterocycles. The Morgan fingerprint density at radius 1 is 1.46 bits per heavy atom. The van der Waals surface area contributed by atoms with Crippen molar-refractivity contribution in [1.82, 2.24) is 5.32 Å². The monoisotopic (exact) mass is 186 g/mol. The molecule has 0 aromatic carbocycles. The van der Waals surface area contributed by atoms with E-state index in [4.69, 9.17) is 11.5 Å². The summed E-state index contributed by atoms with van der Waals surface area (Å²) in [6.45, 7) is 6.19. The predicted octanol–water partition coefficient (Wildman–Crippen LogP) is -0.435. The van der Waals surface area contributed by atoms with Crippen LogP contribution in [0.4, 0.5) is 0 Å². The number of hydrogen-bond acceptors (Lipinski definition) is 2. The number of carbonyl (C=O) groups excluding carboxylic acids is 1. The minimum Gasteiger partial charge on any atom is -0.370 e. The number of nitrogens with zero attached hydrogens (tertiary/aromatic N) is 1. The first-order chi connectivity index (χ1) is 5.87. The van der Waals surface area contributed by atoms with Crippen molar-refractivity contribution in [3.63, 3.8) is 0 Å². The van der Waals surface area contributed by atoms with Gasteiger partial charge in [-0.1, -0.05) is 0 Å². The number of rotatable bonds is 4. The Morgan fingerprint density at radius 2 is 2.00 bits per heavy atom. The van der Waals surface area contributed by atoms with E-state index in [0.717, 1.165) is 0 Å². The molecule has 0 saturated carbocycles. The van der Waals surface area contributed by atoms with Gasteiger partial charge in [-0.25, -0.2) is 0 Å². The van der Waals surface area contributed by atoms with Crippen LogP contribution >= 0.6 is 0 Å². The first-order valence-electron chi connectivity index (χ1n) is 4.24. The molecule has 0 atom stereocenters. The third kappa shape index (κ3) is 5.95. The zero-order chi connectivity index (χ0) is 10.5. The quantitative estimate of drug-likeness (QED) is 0.410. The van der Waals surface area contributed by atoms with Crippen LogP contribution in [-0.4, -0.2) is 24.0 Å². The summed E-state index contributed by atoms with van der Waals surface area (Å²) in [5, 5.41) is 2.92. The molecule has 0 radical (unpaired) electrons. The van der Waals surface area contributed by atoms with E-state index in [9.17, 15) is 4.79 Å². The highest BCUT2D eigenvalue weighted by Gasteiger charge is 2.20. The standard InChI is InChI=1S/C8H18N4O/c1-4-11-7(10)12-8(2,3)5-6(9)13/h4-5H2,1-3H3,(H2,9,13)(H3,10,11,12). The van der Waals surface area contributed by atoms with Crippen molar-refractivity contribution in [1.29, 1.82) is 0 Å². The van der Waals surface area contributed by atoms with Crippen LogP contribution in [0.1, 0.15) is 27.2 Å². The Labute approximate surface area is 78.6 Å². The summed E-state index contributed by atoms with van der Waals surface area (Å²) in [5.41, 5.74) is 10.2. The molecule has 1 amide bonds. The maximum atomic E-state index is 10.7. The first-order valence-corrected chi connectivity index (χ1v) is 4.24. The number of amides is 1. The number of nitrogens with two attached hydrogens (primary N) is 2. The van der Waals surface area contributed by atoms with Crippen molar-refractivity contribution in [3.05, 3.63) is 0 Å². The fourth-order valence-electron chi connectivity index (χ4n) is 1.04. The van der Waals surface area contributed by atoms with Gasteiger partial charge < -0.3 is 16.8 Å². The Balaban J connectivity index is 4.16. The smallest absolute Gasteiger partial charge is 0.219 e. The molecule has 13 heavy (non-hydrogen) atoms. The second kappa shape index (κ2) is 4.69. The Kier molecular flexibility index (Phi) is 4.23. The van der Waals surface area contributed by atoms with Gasteiger partial charge in [-0.15, -0.1) is 0 Å². The van der Waals surface area contributed by atoms with Crippen LogP contribution in [0.2, 0.25) is 0 Å². The summed E-state index contributed by atoms with van der Waals surface area (Å²) in [6, 6.07) is 0. The Bertz CT molecular complexity index is 210. The van der Waals surface area contributed by atoms with Crippen molar-refractivity contribution in [3.8, 4) is 0 Å². The van der Waals surface area contributed by atoms with Gasteiger partial charge >= 0.3 is 0 Å². The van der Waals surface area contributed by atoms with E-state index in [2.05, 4.69) is 10.3 Å². The third-order valence-electron chi connectivity index (χ3n) is 1.41. The molecule has 0 spiro atoms. The van der Waals surface area contributed by atoms with E-state index in [0.29, 0.717) is 12.5 Å². The van der Waals surface area contributed by atoms with Gasteiger partial charge in [-0.05, 0) is 20.8 Å². The van der Waals surface area contributed by atoms with E-state index in [-0.39, 0.29) is 12.3 Å².